The fourth-order valence-electron chi connectivity index (χ4n) is 2.30. The minimum Gasteiger partial charge on any atom is -0.445 e. The van der Waals surface area contributed by atoms with Crippen LogP contribution in [0.5, 0.6) is 0 Å². The third-order valence-electron chi connectivity index (χ3n) is 3.70. The van der Waals surface area contributed by atoms with Gasteiger partial charge in [0.15, 0.2) is 0 Å². The summed E-state index contributed by atoms with van der Waals surface area (Å²) in [5, 5.41) is 12.7. The Balaban J connectivity index is 1.65. The first-order chi connectivity index (χ1) is 11.6. The quantitative estimate of drug-likeness (QED) is 0.757. The van der Waals surface area contributed by atoms with Crippen molar-refractivity contribution < 1.29 is 19.0 Å². The van der Waals surface area contributed by atoms with E-state index in [1.54, 1.807) is 19.1 Å². The third-order valence-corrected chi connectivity index (χ3v) is 3.70. The van der Waals surface area contributed by atoms with E-state index >= 15 is 0 Å². The molecule has 2 rings (SSSR count). The number of hydrogen-bond acceptors (Lipinski definition) is 3. The molecule has 0 heterocycles. The topological polar surface area (TPSA) is 58.6 Å². The summed E-state index contributed by atoms with van der Waals surface area (Å²) in [6.45, 7) is 2.30. The highest BCUT2D eigenvalue weighted by atomic mass is 19.1. The van der Waals surface area contributed by atoms with E-state index in [4.69, 9.17) is 4.74 Å². The first kappa shape index (κ1) is 17.9. The number of aryl methyl sites for hydroxylation is 1. The Morgan fingerprint density at radius 2 is 2.00 bits per heavy atom. The SMILES string of the molecule is Cc1cc(C(O)CCCNC(=O)OCc2ccccc2)ccc1F. The molecule has 2 aromatic rings. The predicted molar refractivity (Wildman–Crippen MR) is 90.0 cm³/mol. The molecule has 24 heavy (non-hydrogen) atoms. The number of hydrogen-bond donors (Lipinski definition) is 2. The summed E-state index contributed by atoms with van der Waals surface area (Å²) < 4.78 is 18.3. The van der Waals surface area contributed by atoms with Crippen molar-refractivity contribution in [2.24, 2.45) is 0 Å². The average molecular weight is 331 g/mol. The van der Waals surface area contributed by atoms with Gasteiger partial charge < -0.3 is 15.2 Å². The first-order valence-corrected chi connectivity index (χ1v) is 7.95. The van der Waals surface area contributed by atoms with E-state index < -0.39 is 12.2 Å². The molecule has 0 aliphatic rings. The van der Waals surface area contributed by atoms with Crippen molar-refractivity contribution in [3.05, 3.63) is 71.0 Å². The third kappa shape index (κ3) is 5.66. The molecule has 4 nitrogen and oxygen atoms in total. The van der Waals surface area contributed by atoms with Crippen LogP contribution < -0.4 is 5.32 Å². The molecule has 1 amide bonds. The molecule has 2 aromatic carbocycles. The van der Waals surface area contributed by atoms with E-state index in [1.165, 1.54) is 6.07 Å². The highest BCUT2D eigenvalue weighted by Gasteiger charge is 2.09. The van der Waals surface area contributed by atoms with Crippen LogP contribution >= 0.6 is 0 Å². The average Bonchev–Trinajstić information content (AvgIpc) is 2.60. The Labute approximate surface area is 141 Å². The summed E-state index contributed by atoms with van der Waals surface area (Å²) in [5.74, 6) is -0.284. The number of carbonyl (C=O) groups excluding carboxylic acids is 1. The number of aliphatic hydroxyl groups excluding tert-OH is 1. The molecule has 0 fully saturated rings. The number of alkyl carbamates (subject to hydrolysis) is 1. The molecule has 0 aliphatic heterocycles. The van der Waals surface area contributed by atoms with Gasteiger partial charge in [0.1, 0.15) is 12.4 Å². The van der Waals surface area contributed by atoms with Gasteiger partial charge in [-0.1, -0.05) is 42.5 Å². The van der Waals surface area contributed by atoms with Crippen molar-refractivity contribution in [3.63, 3.8) is 0 Å². The zero-order valence-electron chi connectivity index (χ0n) is 13.7. The molecule has 1 atom stereocenters. The van der Waals surface area contributed by atoms with Crippen LogP contribution in [0.25, 0.3) is 0 Å². The molecule has 2 N–H and O–H groups in total. The zero-order valence-corrected chi connectivity index (χ0v) is 13.7. The van der Waals surface area contributed by atoms with Crippen molar-refractivity contribution in [1.82, 2.24) is 5.32 Å². The van der Waals surface area contributed by atoms with Crippen LogP contribution in [-0.4, -0.2) is 17.7 Å². The molecule has 0 saturated carbocycles. The maximum atomic E-state index is 13.2. The second kappa shape index (κ2) is 9.03. The smallest absolute Gasteiger partial charge is 0.407 e. The molecule has 0 aliphatic carbocycles. The van der Waals surface area contributed by atoms with E-state index in [0.29, 0.717) is 30.5 Å². The Bertz CT molecular complexity index is 661. The van der Waals surface area contributed by atoms with Crippen LogP contribution in [0.3, 0.4) is 0 Å². The predicted octanol–water partition coefficient (Wildman–Crippen LogP) is 3.87. The fraction of sp³-hybridized carbons (Fsp3) is 0.316. The number of carbonyl (C=O) groups is 1. The van der Waals surface area contributed by atoms with E-state index in [9.17, 15) is 14.3 Å². The summed E-state index contributed by atoms with van der Waals surface area (Å²) in [7, 11) is 0. The number of benzene rings is 2. The normalized spacial score (nSPS) is 11.8. The number of halogens is 1. The van der Waals surface area contributed by atoms with Gasteiger partial charge in [0.05, 0.1) is 6.10 Å². The summed E-state index contributed by atoms with van der Waals surface area (Å²) in [4.78, 5) is 11.6. The van der Waals surface area contributed by atoms with Crippen LogP contribution in [0.1, 0.15) is 35.6 Å². The van der Waals surface area contributed by atoms with Gasteiger partial charge in [-0.25, -0.2) is 9.18 Å². The van der Waals surface area contributed by atoms with Crippen molar-refractivity contribution in [2.75, 3.05) is 6.54 Å². The Morgan fingerprint density at radius 3 is 2.71 bits per heavy atom. The summed E-state index contributed by atoms with van der Waals surface area (Å²) >= 11 is 0. The minimum absolute atomic E-state index is 0.226. The van der Waals surface area contributed by atoms with Gasteiger partial charge in [-0.15, -0.1) is 0 Å². The van der Waals surface area contributed by atoms with Crippen molar-refractivity contribution in [1.29, 1.82) is 0 Å². The van der Waals surface area contributed by atoms with Gasteiger partial charge in [-0.05, 0) is 42.5 Å². The molecule has 0 spiro atoms. The van der Waals surface area contributed by atoms with Gasteiger partial charge in [0.25, 0.3) is 0 Å². The molecular weight excluding hydrogens is 309 g/mol. The molecule has 0 aromatic heterocycles. The monoisotopic (exact) mass is 331 g/mol. The zero-order chi connectivity index (χ0) is 17.4. The van der Waals surface area contributed by atoms with Crippen molar-refractivity contribution >= 4 is 6.09 Å². The number of amides is 1. The molecule has 128 valence electrons. The van der Waals surface area contributed by atoms with E-state index in [-0.39, 0.29) is 12.4 Å². The molecule has 0 radical (unpaired) electrons. The number of nitrogens with one attached hydrogen (secondary N) is 1. The first-order valence-electron chi connectivity index (χ1n) is 7.95. The highest BCUT2D eigenvalue weighted by Crippen LogP contribution is 2.20. The summed E-state index contributed by atoms with van der Waals surface area (Å²) in [6, 6.07) is 14.0. The van der Waals surface area contributed by atoms with Crippen molar-refractivity contribution in [3.8, 4) is 0 Å². The lowest BCUT2D eigenvalue weighted by Crippen LogP contribution is -2.25. The van der Waals surface area contributed by atoms with Gasteiger partial charge >= 0.3 is 6.09 Å². The Kier molecular flexibility index (Phi) is 6.75. The van der Waals surface area contributed by atoms with Crippen LogP contribution in [-0.2, 0) is 11.3 Å². The lowest BCUT2D eigenvalue weighted by Gasteiger charge is -2.12. The number of rotatable bonds is 7. The van der Waals surface area contributed by atoms with Gasteiger partial charge in [0.2, 0.25) is 0 Å². The lowest BCUT2D eigenvalue weighted by molar-refractivity contribution is 0.137. The van der Waals surface area contributed by atoms with Gasteiger partial charge in [0, 0.05) is 6.54 Å². The minimum atomic E-state index is -0.675. The Morgan fingerprint density at radius 1 is 1.25 bits per heavy atom. The maximum Gasteiger partial charge on any atom is 0.407 e. The van der Waals surface area contributed by atoms with Crippen LogP contribution in [0.2, 0.25) is 0 Å². The van der Waals surface area contributed by atoms with Crippen LogP contribution in [0.4, 0.5) is 9.18 Å². The number of ether oxygens (including phenoxy) is 1. The second-order valence-electron chi connectivity index (χ2n) is 5.66. The Hall–Kier alpha value is -2.40. The molecule has 0 saturated heterocycles. The summed E-state index contributed by atoms with van der Waals surface area (Å²) in [5.41, 5.74) is 2.12. The standard InChI is InChI=1S/C19H22FNO3/c1-14-12-16(9-10-17(14)20)18(22)8-5-11-21-19(23)24-13-15-6-3-2-4-7-15/h2-4,6-7,9-10,12,18,22H,5,8,11,13H2,1H3,(H,21,23). The van der Waals surface area contributed by atoms with Crippen LogP contribution in [0, 0.1) is 12.7 Å². The number of aliphatic hydroxyl groups is 1. The molecule has 5 heteroatoms. The van der Waals surface area contributed by atoms with Gasteiger partial charge in [-0.3, -0.25) is 0 Å². The largest absolute Gasteiger partial charge is 0.445 e. The summed E-state index contributed by atoms with van der Waals surface area (Å²) in [6.07, 6.45) is -0.0837. The van der Waals surface area contributed by atoms with Crippen LogP contribution in [0.15, 0.2) is 48.5 Å². The van der Waals surface area contributed by atoms with E-state index in [0.717, 1.165) is 5.56 Å². The fourth-order valence-corrected chi connectivity index (χ4v) is 2.30. The van der Waals surface area contributed by atoms with E-state index in [2.05, 4.69) is 5.32 Å². The molecule has 1 unspecified atom stereocenters. The second-order valence-corrected chi connectivity index (χ2v) is 5.66. The molecular formula is C19H22FNO3. The highest BCUT2D eigenvalue weighted by molar-refractivity contribution is 5.67. The van der Waals surface area contributed by atoms with E-state index in [1.807, 2.05) is 30.3 Å². The van der Waals surface area contributed by atoms with Crippen molar-refractivity contribution in [2.45, 2.75) is 32.5 Å². The lowest BCUT2D eigenvalue weighted by atomic mass is 10.0. The molecule has 0 bridgehead atoms. The maximum absolute atomic E-state index is 13.2. The van der Waals surface area contributed by atoms with Gasteiger partial charge in [-0.2, -0.15) is 0 Å².